The highest BCUT2D eigenvalue weighted by atomic mass is 16.8. The van der Waals surface area contributed by atoms with Crippen LogP contribution in [0.3, 0.4) is 0 Å². The maximum absolute atomic E-state index is 14.0. The summed E-state index contributed by atoms with van der Waals surface area (Å²) in [5.74, 6) is -6.57. The number of carbonyl (C=O) groups is 4. The maximum Gasteiger partial charge on any atom is 0.331 e. The number of carbonyl (C=O) groups excluding carboxylic acids is 4. The van der Waals surface area contributed by atoms with Gasteiger partial charge in [-0.1, -0.05) is 37.3 Å². The number of hydrogen-bond acceptors (Lipinski definition) is 18. The zero-order valence-corrected chi connectivity index (χ0v) is 33.0. The predicted molar refractivity (Wildman–Crippen MR) is 194 cm³/mol. The molecule has 0 amide bonds. The van der Waals surface area contributed by atoms with E-state index in [0.29, 0.717) is 0 Å². The molecule has 4 saturated heterocycles. The molecule has 17 atom stereocenters. The van der Waals surface area contributed by atoms with Crippen LogP contribution in [0, 0.1) is 17.8 Å². The summed E-state index contributed by atoms with van der Waals surface area (Å²) >= 11 is 0. The normalized spacial score (nSPS) is 42.7. The topological polar surface area (TPSA) is 252 Å². The van der Waals surface area contributed by atoms with E-state index in [1.54, 1.807) is 6.08 Å². The highest BCUT2D eigenvalue weighted by molar-refractivity contribution is 5.87. The van der Waals surface area contributed by atoms with Gasteiger partial charge in [-0.15, -0.1) is 0 Å². The summed E-state index contributed by atoms with van der Waals surface area (Å²) in [5.41, 5.74) is -1.11. The van der Waals surface area contributed by atoms with Crippen molar-refractivity contribution in [2.75, 3.05) is 13.2 Å². The number of aliphatic hydroxyl groups is 5. The number of ether oxygens (including phenoxy) is 9. The van der Waals surface area contributed by atoms with E-state index in [1.165, 1.54) is 19.9 Å². The van der Waals surface area contributed by atoms with Crippen LogP contribution in [0.4, 0.5) is 0 Å². The Bertz CT molecular complexity index is 1660. The van der Waals surface area contributed by atoms with Gasteiger partial charge >= 0.3 is 23.9 Å². The summed E-state index contributed by atoms with van der Waals surface area (Å²) < 4.78 is 52.4. The lowest BCUT2D eigenvalue weighted by Gasteiger charge is -2.47. The van der Waals surface area contributed by atoms with Crippen LogP contribution in [-0.4, -0.2) is 148 Å². The standard InChI is InChI=1S/C40H54O18/c1-19-17-50-40(16-28(19)55-29(44)14-11-24-9-7-6-8-10-24)39(49,18-41)26-13-12-25(15-27(26)58-40)36(48)57-38-35(34(54-23(5)43)31(46)21(3)52-38)56-37-32(47)33(53-22(4)42)30(45)20(2)51-37/h6-11,14,19-21,25-28,30-35,37-38,41,45-47,49H,12-13,15-18H2,1-5H3/b14-11+/t19-,20-,21-,25+,26+,27-,28+,30-,31+,32-,33+,34-,35+,37+,38-,39+,40+/m0/s1. The molecule has 1 aliphatic carbocycles. The van der Waals surface area contributed by atoms with E-state index in [-0.39, 0.29) is 38.2 Å². The number of rotatable bonds is 10. The Balaban J connectivity index is 1.16. The van der Waals surface area contributed by atoms with E-state index in [9.17, 15) is 44.7 Å². The first-order valence-corrected chi connectivity index (χ1v) is 19.6. The van der Waals surface area contributed by atoms with Crippen molar-refractivity contribution in [2.24, 2.45) is 17.8 Å². The molecule has 4 aliphatic heterocycles. The molecule has 322 valence electrons. The molecule has 0 bridgehead atoms. The summed E-state index contributed by atoms with van der Waals surface area (Å²) in [6.45, 7) is 6.23. The third kappa shape index (κ3) is 8.96. The molecule has 0 radical (unpaired) electrons. The molecule has 18 heteroatoms. The van der Waals surface area contributed by atoms with E-state index in [2.05, 4.69) is 0 Å². The van der Waals surface area contributed by atoms with Gasteiger partial charge in [-0.25, -0.2) is 4.79 Å². The zero-order chi connectivity index (χ0) is 42.1. The monoisotopic (exact) mass is 822 g/mol. The number of hydrogen-bond donors (Lipinski definition) is 5. The van der Waals surface area contributed by atoms with Crippen molar-refractivity contribution in [1.82, 2.24) is 0 Å². The Morgan fingerprint density at radius 2 is 1.47 bits per heavy atom. The summed E-state index contributed by atoms with van der Waals surface area (Å²) in [7, 11) is 0. The first kappa shape index (κ1) is 44.0. The average molecular weight is 823 g/mol. The van der Waals surface area contributed by atoms with Crippen molar-refractivity contribution in [1.29, 1.82) is 0 Å². The Kier molecular flexibility index (Phi) is 13.6. The fourth-order valence-corrected chi connectivity index (χ4v) is 8.60. The SMILES string of the molecule is CC(=O)O[C@H]1[C@H](O)[C@@H](O[C@H]2[C@H](OC(=O)[C@@H]3CC[C@@H]4[C@H](C3)O[C@]3(C[C@@H](OC(=O)/C=C/c5ccccc5)[C@@H](C)CO3)[C@@]4(O)CO)O[C@@H](C)[C@@H](O)[C@@H]2OC(C)=O)O[C@@H](C)[C@@H]1O. The van der Waals surface area contributed by atoms with Gasteiger partial charge in [-0.2, -0.15) is 0 Å². The molecule has 5 fully saturated rings. The predicted octanol–water partition coefficient (Wildman–Crippen LogP) is 0.267. The van der Waals surface area contributed by atoms with Gasteiger partial charge in [0.1, 0.15) is 30.0 Å². The largest absolute Gasteiger partial charge is 0.459 e. The lowest BCUT2D eigenvalue weighted by atomic mass is 9.70. The lowest BCUT2D eigenvalue weighted by molar-refractivity contribution is -0.358. The zero-order valence-electron chi connectivity index (χ0n) is 33.0. The molecule has 18 nitrogen and oxygen atoms in total. The number of benzene rings is 1. The minimum absolute atomic E-state index is 0.0183. The number of fused-ring (bicyclic) bond motifs is 1. The van der Waals surface area contributed by atoms with Crippen molar-refractivity contribution in [2.45, 2.75) is 145 Å². The van der Waals surface area contributed by atoms with E-state index >= 15 is 0 Å². The Labute approximate surface area is 335 Å². The summed E-state index contributed by atoms with van der Waals surface area (Å²) in [6, 6.07) is 9.20. The molecular weight excluding hydrogens is 768 g/mol. The third-order valence-corrected chi connectivity index (χ3v) is 11.8. The third-order valence-electron chi connectivity index (χ3n) is 11.8. The van der Waals surface area contributed by atoms with Gasteiger partial charge in [0, 0.05) is 38.2 Å². The summed E-state index contributed by atoms with van der Waals surface area (Å²) in [5, 5.41) is 55.4. The molecule has 1 saturated carbocycles. The molecule has 5 N–H and O–H groups in total. The average Bonchev–Trinajstić information content (AvgIpc) is 3.42. The quantitative estimate of drug-likeness (QED) is 0.121. The molecule has 1 aromatic carbocycles. The van der Waals surface area contributed by atoms with Gasteiger partial charge in [-0.3, -0.25) is 14.4 Å². The van der Waals surface area contributed by atoms with Crippen LogP contribution in [-0.2, 0) is 61.8 Å². The second kappa shape index (κ2) is 18.0. The highest BCUT2D eigenvalue weighted by Gasteiger charge is 2.69. The van der Waals surface area contributed by atoms with Crippen LogP contribution < -0.4 is 0 Å². The van der Waals surface area contributed by atoms with E-state index in [4.69, 9.17) is 42.6 Å². The lowest BCUT2D eigenvalue weighted by Crippen LogP contribution is -2.64. The van der Waals surface area contributed by atoms with Crippen LogP contribution >= 0.6 is 0 Å². The molecular formula is C40H54O18. The van der Waals surface area contributed by atoms with Gasteiger partial charge in [0.2, 0.25) is 12.1 Å². The van der Waals surface area contributed by atoms with Crippen LogP contribution in [0.2, 0.25) is 0 Å². The second-order valence-electron chi connectivity index (χ2n) is 15.9. The minimum Gasteiger partial charge on any atom is -0.459 e. The Hall–Kier alpha value is -3.56. The Morgan fingerprint density at radius 1 is 0.828 bits per heavy atom. The van der Waals surface area contributed by atoms with Gasteiger partial charge in [0.15, 0.2) is 24.6 Å². The van der Waals surface area contributed by atoms with E-state index in [0.717, 1.165) is 19.4 Å². The maximum atomic E-state index is 14.0. The van der Waals surface area contributed by atoms with Crippen molar-refractivity contribution in [3.05, 3.63) is 42.0 Å². The molecule has 58 heavy (non-hydrogen) atoms. The van der Waals surface area contributed by atoms with E-state index < -0.39 is 127 Å². The van der Waals surface area contributed by atoms with E-state index in [1.807, 2.05) is 37.3 Å². The Morgan fingerprint density at radius 3 is 2.12 bits per heavy atom. The first-order chi connectivity index (χ1) is 27.5. The van der Waals surface area contributed by atoms with Crippen LogP contribution in [0.5, 0.6) is 0 Å². The minimum atomic E-state index is -1.92. The second-order valence-corrected chi connectivity index (χ2v) is 15.9. The van der Waals surface area contributed by atoms with Gasteiger partial charge in [0.05, 0.1) is 37.4 Å². The number of esters is 4. The molecule has 4 heterocycles. The number of aliphatic hydroxyl groups excluding tert-OH is 4. The molecule has 0 aromatic heterocycles. The molecule has 1 spiro atoms. The molecule has 6 rings (SSSR count). The van der Waals surface area contributed by atoms with Crippen molar-refractivity contribution >= 4 is 30.0 Å². The smallest absolute Gasteiger partial charge is 0.331 e. The van der Waals surface area contributed by atoms with Crippen molar-refractivity contribution in [3.8, 4) is 0 Å². The first-order valence-electron chi connectivity index (χ1n) is 19.6. The van der Waals surface area contributed by atoms with Gasteiger partial charge in [-0.05, 0) is 44.7 Å². The van der Waals surface area contributed by atoms with Gasteiger partial charge in [0.25, 0.3) is 0 Å². The van der Waals surface area contributed by atoms with Crippen LogP contribution in [0.15, 0.2) is 36.4 Å². The molecule has 0 unspecified atom stereocenters. The fraction of sp³-hybridized carbons (Fsp3) is 0.700. The molecule has 1 aromatic rings. The summed E-state index contributed by atoms with van der Waals surface area (Å²) in [6.07, 6.45) is -13.0. The van der Waals surface area contributed by atoms with Crippen molar-refractivity contribution in [3.63, 3.8) is 0 Å². The molecule has 5 aliphatic rings. The van der Waals surface area contributed by atoms with Crippen molar-refractivity contribution < 1.29 is 87.3 Å². The summed E-state index contributed by atoms with van der Waals surface area (Å²) in [4.78, 5) is 50.8. The highest BCUT2D eigenvalue weighted by Crippen LogP contribution is 2.55. The van der Waals surface area contributed by atoms with Crippen LogP contribution in [0.1, 0.15) is 65.9 Å². The fourth-order valence-electron chi connectivity index (χ4n) is 8.60. The van der Waals surface area contributed by atoms with Crippen LogP contribution in [0.25, 0.3) is 6.08 Å². The van der Waals surface area contributed by atoms with Gasteiger partial charge < -0.3 is 68.2 Å².